The summed E-state index contributed by atoms with van der Waals surface area (Å²) in [5.74, 6) is -1.31. The Balaban J connectivity index is 3.22. The Hall–Kier alpha value is -1.19. The molecule has 1 rings (SSSR count). The molecule has 0 spiro atoms. The molecule has 186 valence electrons. The number of hydrogen-bond acceptors (Lipinski definition) is 6. The summed E-state index contributed by atoms with van der Waals surface area (Å²) in [5.41, 5.74) is 0. The summed E-state index contributed by atoms with van der Waals surface area (Å²) < 4.78 is 59.4. The van der Waals surface area contributed by atoms with E-state index in [1.54, 1.807) is 45.0 Å². The van der Waals surface area contributed by atoms with Gasteiger partial charge in [-0.1, -0.05) is 63.6 Å². The second kappa shape index (κ2) is 14.9. The fourth-order valence-electron chi connectivity index (χ4n) is 3.77. The Morgan fingerprint density at radius 2 is 1.28 bits per heavy atom. The number of para-hydroxylation sites is 1. The van der Waals surface area contributed by atoms with Gasteiger partial charge in [-0.25, -0.2) is 0 Å². The van der Waals surface area contributed by atoms with Crippen LogP contribution in [0.4, 0.5) is 0 Å². The standard InChI is InChI=1S/C24H42O7S/c1-5-9-10-11-12-13-17-20-23(32(25,26)27,31-22-18-15-14-16-19-22)21-24(28-6-2,29-7-3)30-8-4/h14-16,18-19H,5-13,17,20-21H2,1-4H3,(H,25,26,27). The smallest absolute Gasteiger partial charge is 0.306 e. The van der Waals surface area contributed by atoms with Crippen LogP contribution in [-0.2, 0) is 24.3 Å². The van der Waals surface area contributed by atoms with Crippen LogP contribution < -0.4 is 4.74 Å². The SMILES string of the molecule is CCCCCCCCCC(CC(OCC)(OCC)OCC)(Oc1ccccc1)S(=O)(=O)O. The Kier molecular flexibility index (Phi) is 13.4. The van der Waals surface area contributed by atoms with E-state index in [2.05, 4.69) is 6.92 Å². The van der Waals surface area contributed by atoms with Crippen LogP contribution in [0.3, 0.4) is 0 Å². The van der Waals surface area contributed by atoms with Crippen molar-refractivity contribution in [1.82, 2.24) is 0 Å². The van der Waals surface area contributed by atoms with Crippen LogP contribution >= 0.6 is 0 Å². The third-order valence-corrected chi connectivity index (χ3v) is 6.63. The first-order valence-corrected chi connectivity index (χ1v) is 13.3. The fourth-order valence-corrected chi connectivity index (χ4v) is 4.73. The first kappa shape index (κ1) is 28.8. The van der Waals surface area contributed by atoms with E-state index in [9.17, 15) is 13.0 Å². The van der Waals surface area contributed by atoms with E-state index in [1.807, 2.05) is 6.07 Å². The zero-order valence-electron chi connectivity index (χ0n) is 20.2. The van der Waals surface area contributed by atoms with Crippen LogP contribution in [0.15, 0.2) is 30.3 Å². The van der Waals surface area contributed by atoms with E-state index < -0.39 is 21.0 Å². The van der Waals surface area contributed by atoms with E-state index >= 15 is 0 Å². The fraction of sp³-hybridized carbons (Fsp3) is 0.750. The van der Waals surface area contributed by atoms with E-state index in [-0.39, 0.29) is 32.7 Å². The van der Waals surface area contributed by atoms with Gasteiger partial charge in [0.1, 0.15) is 5.75 Å². The first-order chi connectivity index (χ1) is 15.3. The zero-order chi connectivity index (χ0) is 23.9. The molecule has 1 unspecified atom stereocenters. The van der Waals surface area contributed by atoms with Gasteiger partial charge in [0.25, 0.3) is 5.97 Å². The van der Waals surface area contributed by atoms with Crippen molar-refractivity contribution in [3.63, 3.8) is 0 Å². The van der Waals surface area contributed by atoms with Gasteiger partial charge in [0.2, 0.25) is 4.93 Å². The molecule has 0 aliphatic rings. The number of benzene rings is 1. The molecule has 1 aromatic carbocycles. The van der Waals surface area contributed by atoms with E-state index in [0.29, 0.717) is 12.2 Å². The summed E-state index contributed by atoms with van der Waals surface area (Å²) in [7, 11) is -4.68. The summed E-state index contributed by atoms with van der Waals surface area (Å²) in [6.07, 6.45) is 6.82. The van der Waals surface area contributed by atoms with Crippen molar-refractivity contribution < 1.29 is 31.9 Å². The average molecular weight is 475 g/mol. The highest BCUT2D eigenvalue weighted by Gasteiger charge is 2.53. The van der Waals surface area contributed by atoms with E-state index in [1.165, 1.54) is 19.3 Å². The number of hydrogen-bond donors (Lipinski definition) is 1. The summed E-state index contributed by atoms with van der Waals surface area (Å²) >= 11 is 0. The summed E-state index contributed by atoms with van der Waals surface area (Å²) in [6.45, 7) is 8.21. The highest BCUT2D eigenvalue weighted by atomic mass is 32.2. The average Bonchev–Trinajstić information content (AvgIpc) is 2.73. The molecular weight excluding hydrogens is 432 g/mol. The zero-order valence-corrected chi connectivity index (χ0v) is 21.0. The molecule has 0 aliphatic heterocycles. The number of rotatable bonds is 19. The third kappa shape index (κ3) is 9.35. The van der Waals surface area contributed by atoms with E-state index in [0.717, 1.165) is 19.3 Å². The normalized spacial score (nSPS) is 14.3. The summed E-state index contributed by atoms with van der Waals surface area (Å²) in [6, 6.07) is 8.63. The van der Waals surface area contributed by atoms with Gasteiger partial charge in [0, 0.05) is 26.2 Å². The monoisotopic (exact) mass is 474 g/mol. The Morgan fingerprint density at radius 1 is 0.781 bits per heavy atom. The number of unbranched alkanes of at least 4 members (excludes halogenated alkanes) is 6. The van der Waals surface area contributed by atoms with Crippen LogP contribution in [0.2, 0.25) is 0 Å². The summed E-state index contributed by atoms with van der Waals surface area (Å²) in [4.78, 5) is -1.97. The maximum Gasteiger partial charge on any atom is 0.306 e. The van der Waals surface area contributed by atoms with Gasteiger partial charge in [-0.05, 0) is 39.3 Å². The Labute approximate surface area is 194 Å². The highest BCUT2D eigenvalue weighted by molar-refractivity contribution is 7.87. The minimum Gasteiger partial charge on any atom is -0.469 e. The van der Waals surface area contributed by atoms with Crippen molar-refractivity contribution in [1.29, 1.82) is 0 Å². The van der Waals surface area contributed by atoms with Gasteiger partial charge in [0.15, 0.2) is 0 Å². The van der Waals surface area contributed by atoms with Crippen LogP contribution in [0, 0.1) is 0 Å². The van der Waals surface area contributed by atoms with Gasteiger partial charge in [0.05, 0.1) is 6.42 Å². The Bertz CT molecular complexity index is 691. The van der Waals surface area contributed by atoms with Gasteiger partial charge < -0.3 is 18.9 Å². The lowest BCUT2D eigenvalue weighted by atomic mass is 10.0. The third-order valence-electron chi connectivity index (χ3n) is 5.26. The van der Waals surface area contributed by atoms with Gasteiger partial charge in [-0.3, -0.25) is 4.55 Å². The van der Waals surface area contributed by atoms with Crippen LogP contribution in [0.5, 0.6) is 5.75 Å². The van der Waals surface area contributed by atoms with E-state index in [4.69, 9.17) is 18.9 Å². The molecule has 0 amide bonds. The quantitative estimate of drug-likeness (QED) is 0.151. The van der Waals surface area contributed by atoms with Crippen molar-refractivity contribution in [2.24, 2.45) is 0 Å². The van der Waals surface area contributed by atoms with Gasteiger partial charge in [-0.2, -0.15) is 8.42 Å². The lowest BCUT2D eigenvalue weighted by molar-refractivity contribution is -0.386. The van der Waals surface area contributed by atoms with Crippen molar-refractivity contribution >= 4 is 10.1 Å². The highest BCUT2D eigenvalue weighted by Crippen LogP contribution is 2.38. The predicted octanol–water partition coefficient (Wildman–Crippen LogP) is 5.94. The van der Waals surface area contributed by atoms with Crippen LogP contribution in [-0.4, -0.2) is 43.7 Å². The molecule has 0 bridgehead atoms. The molecule has 1 aromatic rings. The molecule has 32 heavy (non-hydrogen) atoms. The minimum atomic E-state index is -4.68. The maximum atomic E-state index is 12.8. The topological polar surface area (TPSA) is 91.3 Å². The molecule has 0 aliphatic carbocycles. The molecule has 8 heteroatoms. The second-order valence-electron chi connectivity index (χ2n) is 7.83. The second-order valence-corrected chi connectivity index (χ2v) is 9.53. The first-order valence-electron chi connectivity index (χ1n) is 11.9. The maximum absolute atomic E-state index is 12.8. The van der Waals surface area contributed by atoms with Crippen LogP contribution in [0.1, 0.15) is 85.5 Å². The van der Waals surface area contributed by atoms with Crippen molar-refractivity contribution in [3.05, 3.63) is 30.3 Å². The molecule has 1 atom stereocenters. The molecule has 0 heterocycles. The lowest BCUT2D eigenvalue weighted by Crippen LogP contribution is -2.54. The largest absolute Gasteiger partial charge is 0.469 e. The van der Waals surface area contributed by atoms with Gasteiger partial charge >= 0.3 is 10.1 Å². The van der Waals surface area contributed by atoms with Crippen LogP contribution in [0.25, 0.3) is 0 Å². The van der Waals surface area contributed by atoms with Crippen molar-refractivity contribution in [2.75, 3.05) is 19.8 Å². The molecule has 0 saturated heterocycles. The summed E-state index contributed by atoms with van der Waals surface area (Å²) in [5, 5.41) is 0. The molecule has 0 aromatic heterocycles. The minimum absolute atomic E-state index is 0.0868. The van der Waals surface area contributed by atoms with Crippen molar-refractivity contribution in [3.8, 4) is 5.75 Å². The Morgan fingerprint density at radius 3 is 1.75 bits per heavy atom. The molecule has 1 N–H and O–H groups in total. The molecule has 0 fully saturated rings. The lowest BCUT2D eigenvalue weighted by Gasteiger charge is -2.40. The van der Waals surface area contributed by atoms with Crippen molar-refractivity contribution in [2.45, 2.75) is 96.4 Å². The molecule has 0 saturated carbocycles. The number of ether oxygens (including phenoxy) is 4. The molecule has 0 radical (unpaired) electrons. The van der Waals surface area contributed by atoms with Gasteiger partial charge in [-0.15, -0.1) is 0 Å². The predicted molar refractivity (Wildman–Crippen MR) is 126 cm³/mol. The molecule has 7 nitrogen and oxygen atoms in total. The molecular formula is C24H42O7S.